The van der Waals surface area contributed by atoms with Crippen LogP contribution in [-0.2, 0) is 18.1 Å². The van der Waals surface area contributed by atoms with Crippen LogP contribution in [-0.4, -0.2) is 30.3 Å². The minimum Gasteiger partial charge on any atom is -0.279 e. The third-order valence-electron chi connectivity index (χ3n) is 1.86. The molecule has 68 valence electrons. The van der Waals surface area contributed by atoms with Gasteiger partial charge in [0.25, 0.3) is 5.54 Å². The van der Waals surface area contributed by atoms with E-state index in [-0.39, 0.29) is 19.8 Å². The van der Waals surface area contributed by atoms with Crippen LogP contribution in [0.25, 0.3) is 0 Å². The number of hydrogen-bond acceptors (Lipinski definition) is 6. The molecule has 2 bridgehead atoms. The van der Waals surface area contributed by atoms with Gasteiger partial charge in [0, 0.05) is 4.92 Å². The van der Waals surface area contributed by atoms with Crippen molar-refractivity contribution in [3.8, 4) is 0 Å². The molecule has 3 aliphatic rings. The largest absolute Gasteiger partial charge is 0.475 e. The van der Waals surface area contributed by atoms with Crippen LogP contribution in [0.2, 0.25) is 0 Å². The molecule has 0 N–H and O–H groups in total. The summed E-state index contributed by atoms with van der Waals surface area (Å²) in [5.74, 6) is 0. The summed E-state index contributed by atoms with van der Waals surface area (Å²) in [6.45, 7) is -0.591. The van der Waals surface area contributed by atoms with E-state index >= 15 is 0 Å². The lowest BCUT2D eigenvalue weighted by atomic mass is 10.1. The first-order chi connectivity index (χ1) is 5.56. The normalized spacial score (nSPS) is 46.0. The number of nitro groups is 1. The number of phosphoric ester groups is 1. The van der Waals surface area contributed by atoms with E-state index in [1.54, 1.807) is 0 Å². The topological polar surface area (TPSA) is 87.9 Å². The van der Waals surface area contributed by atoms with Crippen LogP contribution in [0.15, 0.2) is 0 Å². The zero-order valence-corrected chi connectivity index (χ0v) is 6.86. The van der Waals surface area contributed by atoms with Gasteiger partial charge in [-0.2, -0.15) is 0 Å². The van der Waals surface area contributed by atoms with Crippen molar-refractivity contribution in [3.63, 3.8) is 0 Å². The molecule has 0 aromatic rings. The van der Waals surface area contributed by atoms with E-state index < -0.39 is 18.3 Å². The van der Waals surface area contributed by atoms with Crippen LogP contribution in [0.5, 0.6) is 0 Å². The van der Waals surface area contributed by atoms with Crippen molar-refractivity contribution >= 4 is 7.82 Å². The summed E-state index contributed by atoms with van der Waals surface area (Å²) in [6.07, 6.45) is 0. The van der Waals surface area contributed by atoms with Gasteiger partial charge in [-0.05, 0) is 0 Å². The molecule has 3 saturated heterocycles. The Morgan fingerprint density at radius 1 is 1.25 bits per heavy atom. The van der Waals surface area contributed by atoms with Crippen LogP contribution in [0.3, 0.4) is 0 Å². The van der Waals surface area contributed by atoms with Crippen LogP contribution < -0.4 is 0 Å². The lowest BCUT2D eigenvalue weighted by Crippen LogP contribution is -2.56. The van der Waals surface area contributed by atoms with E-state index in [4.69, 9.17) is 0 Å². The Bertz CT molecular complexity index is 245. The molecule has 12 heavy (non-hydrogen) atoms. The summed E-state index contributed by atoms with van der Waals surface area (Å²) in [4.78, 5) is 9.99. The van der Waals surface area contributed by atoms with E-state index in [1.807, 2.05) is 0 Å². The molecule has 8 heteroatoms. The zero-order valence-electron chi connectivity index (χ0n) is 5.97. The van der Waals surface area contributed by atoms with Gasteiger partial charge in [0.15, 0.2) is 0 Å². The maximum atomic E-state index is 11.1. The van der Waals surface area contributed by atoms with Crippen LogP contribution in [0.4, 0.5) is 0 Å². The molecular weight excluding hydrogens is 189 g/mol. The smallest absolute Gasteiger partial charge is 0.279 e. The maximum Gasteiger partial charge on any atom is 0.475 e. The molecule has 0 radical (unpaired) electrons. The Hall–Kier alpha value is -0.490. The lowest BCUT2D eigenvalue weighted by Gasteiger charge is -2.37. The highest BCUT2D eigenvalue weighted by Crippen LogP contribution is 2.58. The molecule has 0 unspecified atom stereocenters. The van der Waals surface area contributed by atoms with Gasteiger partial charge in [0.2, 0.25) is 0 Å². The van der Waals surface area contributed by atoms with Crippen molar-refractivity contribution in [1.82, 2.24) is 0 Å². The first kappa shape index (κ1) is 8.12. The lowest BCUT2D eigenvalue weighted by molar-refractivity contribution is -0.586. The number of phosphoric acid groups is 1. The average Bonchev–Trinajstić information content (AvgIpc) is 2.06. The second kappa shape index (κ2) is 2.26. The Morgan fingerprint density at radius 2 is 1.67 bits per heavy atom. The third kappa shape index (κ3) is 0.980. The fraction of sp³-hybridized carbons (Fsp3) is 1.00. The third-order valence-corrected chi connectivity index (χ3v) is 3.20. The number of hydrogen-bond donors (Lipinski definition) is 0. The van der Waals surface area contributed by atoms with Crippen LogP contribution in [0, 0.1) is 10.1 Å². The van der Waals surface area contributed by atoms with E-state index in [0.29, 0.717) is 0 Å². The van der Waals surface area contributed by atoms with Crippen molar-refractivity contribution in [3.05, 3.63) is 10.1 Å². The van der Waals surface area contributed by atoms with Crippen LogP contribution in [0.1, 0.15) is 0 Å². The first-order valence-corrected chi connectivity index (χ1v) is 4.71. The molecule has 0 aromatic carbocycles. The van der Waals surface area contributed by atoms with Gasteiger partial charge in [-0.1, -0.05) is 0 Å². The fourth-order valence-corrected chi connectivity index (χ4v) is 2.41. The fourth-order valence-electron chi connectivity index (χ4n) is 0.993. The maximum absolute atomic E-state index is 11.1. The van der Waals surface area contributed by atoms with Crippen molar-refractivity contribution in [2.24, 2.45) is 0 Å². The first-order valence-electron chi connectivity index (χ1n) is 3.25. The molecule has 3 rings (SSSR count). The van der Waals surface area contributed by atoms with Gasteiger partial charge < -0.3 is 0 Å². The van der Waals surface area contributed by atoms with Crippen LogP contribution >= 0.6 is 7.82 Å². The van der Waals surface area contributed by atoms with Gasteiger partial charge in [0.1, 0.15) is 19.8 Å². The van der Waals surface area contributed by atoms with E-state index in [9.17, 15) is 14.7 Å². The highest BCUT2D eigenvalue weighted by atomic mass is 31.2. The van der Waals surface area contributed by atoms with Gasteiger partial charge in [-0.3, -0.25) is 23.7 Å². The Kier molecular flexibility index (Phi) is 1.53. The van der Waals surface area contributed by atoms with E-state index in [1.165, 1.54) is 0 Å². The molecule has 0 amide bonds. The molecule has 0 aliphatic carbocycles. The second-order valence-corrected chi connectivity index (χ2v) is 4.42. The summed E-state index contributed by atoms with van der Waals surface area (Å²) in [5.41, 5.74) is -1.36. The molecule has 3 heterocycles. The summed E-state index contributed by atoms with van der Waals surface area (Å²) in [5, 5.41) is 10.5. The summed E-state index contributed by atoms with van der Waals surface area (Å²) in [7, 11) is -3.42. The molecule has 7 nitrogen and oxygen atoms in total. The van der Waals surface area contributed by atoms with Crippen molar-refractivity contribution in [1.29, 1.82) is 0 Å². The molecule has 0 spiro atoms. The van der Waals surface area contributed by atoms with Gasteiger partial charge in [0.05, 0.1) is 0 Å². The monoisotopic (exact) mass is 195 g/mol. The highest BCUT2D eigenvalue weighted by Gasteiger charge is 2.58. The summed E-state index contributed by atoms with van der Waals surface area (Å²) >= 11 is 0. The second-order valence-electron chi connectivity index (χ2n) is 2.75. The number of rotatable bonds is 1. The quantitative estimate of drug-likeness (QED) is 0.337. The molecule has 0 saturated carbocycles. The Labute approximate surface area is 67.4 Å². The van der Waals surface area contributed by atoms with E-state index in [2.05, 4.69) is 13.6 Å². The molecule has 0 atom stereocenters. The standard InChI is InChI=1S/C4H6NO6P/c6-5(7)4-1-9-12(8,10-2-4)11-3-4/h1-3H2. The average molecular weight is 195 g/mol. The SMILES string of the molecule is O=[N+]([O-])C12COP(=O)(OC1)OC2. The van der Waals surface area contributed by atoms with Gasteiger partial charge >= 0.3 is 7.82 Å². The molecule has 3 aliphatic heterocycles. The highest BCUT2D eigenvalue weighted by molar-refractivity contribution is 7.48. The number of fused-ring (bicyclic) bond motifs is 3. The predicted octanol–water partition coefficient (Wildman–Crippen LogP) is 0.187. The minimum absolute atomic E-state index is 0.197. The van der Waals surface area contributed by atoms with Crippen molar-refractivity contribution in [2.75, 3.05) is 19.8 Å². The Morgan fingerprint density at radius 3 is 2.00 bits per heavy atom. The van der Waals surface area contributed by atoms with E-state index in [0.717, 1.165) is 0 Å². The Balaban J connectivity index is 2.25. The summed E-state index contributed by atoms with van der Waals surface area (Å²) < 4.78 is 24.9. The summed E-state index contributed by atoms with van der Waals surface area (Å²) in [6, 6.07) is 0. The molecule has 3 fully saturated rings. The number of nitrogens with zero attached hydrogens (tertiary/aromatic N) is 1. The molecule has 0 aromatic heterocycles. The van der Waals surface area contributed by atoms with Gasteiger partial charge in [-0.15, -0.1) is 0 Å². The van der Waals surface area contributed by atoms with Crippen molar-refractivity contribution < 1.29 is 23.1 Å². The predicted molar refractivity (Wildman–Crippen MR) is 35.2 cm³/mol. The molecular formula is C4H6NO6P. The van der Waals surface area contributed by atoms with Gasteiger partial charge in [-0.25, -0.2) is 4.57 Å². The van der Waals surface area contributed by atoms with Crippen molar-refractivity contribution in [2.45, 2.75) is 5.54 Å². The zero-order chi connectivity index (χ0) is 8.82. The minimum atomic E-state index is -3.42.